The first-order valence-corrected chi connectivity index (χ1v) is 6.82. The van der Waals surface area contributed by atoms with Gasteiger partial charge in [0.2, 0.25) is 0 Å². The number of nitrogens with two attached hydrogens (primary N) is 1. The number of benzene rings is 1. The molecule has 0 saturated carbocycles. The van der Waals surface area contributed by atoms with Gasteiger partial charge in [-0.25, -0.2) is 0 Å². The van der Waals surface area contributed by atoms with E-state index in [0.717, 1.165) is 44.8 Å². The summed E-state index contributed by atoms with van der Waals surface area (Å²) in [7, 11) is 1.70. The second-order valence-electron chi connectivity index (χ2n) is 4.42. The van der Waals surface area contributed by atoms with Crippen LogP contribution in [0.4, 0.5) is 5.69 Å². The molecule has 0 saturated heterocycles. The van der Waals surface area contributed by atoms with Crippen LogP contribution >= 0.6 is 0 Å². The van der Waals surface area contributed by atoms with E-state index < -0.39 is 0 Å². The van der Waals surface area contributed by atoms with Gasteiger partial charge in [0, 0.05) is 32.6 Å². The van der Waals surface area contributed by atoms with Crippen LogP contribution in [0.5, 0.6) is 0 Å². The molecule has 0 atom stereocenters. The Kier molecular flexibility index (Phi) is 9.06. The van der Waals surface area contributed by atoms with Crippen molar-refractivity contribution in [3.8, 4) is 0 Å². The van der Waals surface area contributed by atoms with Gasteiger partial charge in [-0.1, -0.05) is 12.1 Å². The van der Waals surface area contributed by atoms with Crippen molar-refractivity contribution in [2.24, 2.45) is 0 Å². The van der Waals surface area contributed by atoms with Crippen molar-refractivity contribution in [2.45, 2.75) is 19.3 Å². The summed E-state index contributed by atoms with van der Waals surface area (Å²) >= 11 is 0. The van der Waals surface area contributed by atoms with E-state index in [2.05, 4.69) is 12.1 Å². The molecule has 2 N–H and O–H groups in total. The lowest BCUT2D eigenvalue weighted by molar-refractivity contribution is 0.0392. The van der Waals surface area contributed by atoms with Crippen molar-refractivity contribution < 1.29 is 14.2 Å². The highest BCUT2D eigenvalue weighted by Gasteiger charge is 1.94. The fraction of sp³-hybridized carbons (Fsp3) is 0.600. The van der Waals surface area contributed by atoms with E-state index in [9.17, 15) is 0 Å². The third-order valence-electron chi connectivity index (χ3n) is 2.74. The summed E-state index contributed by atoms with van der Waals surface area (Å²) in [6.45, 7) is 3.58. The van der Waals surface area contributed by atoms with E-state index in [1.54, 1.807) is 7.11 Å². The van der Waals surface area contributed by atoms with Crippen molar-refractivity contribution >= 4 is 5.69 Å². The fourth-order valence-electron chi connectivity index (χ4n) is 1.69. The van der Waals surface area contributed by atoms with Gasteiger partial charge in [-0.05, 0) is 37.0 Å². The predicted molar refractivity (Wildman–Crippen MR) is 77.3 cm³/mol. The smallest absolute Gasteiger partial charge is 0.0700 e. The van der Waals surface area contributed by atoms with Crippen LogP contribution in [-0.4, -0.2) is 40.1 Å². The van der Waals surface area contributed by atoms with Gasteiger partial charge in [0.1, 0.15) is 0 Å². The van der Waals surface area contributed by atoms with Crippen LogP contribution in [-0.2, 0) is 20.6 Å². The minimum atomic E-state index is 0.658. The van der Waals surface area contributed by atoms with Crippen molar-refractivity contribution in [3.63, 3.8) is 0 Å². The summed E-state index contributed by atoms with van der Waals surface area (Å²) < 4.78 is 15.8. The monoisotopic (exact) mass is 267 g/mol. The van der Waals surface area contributed by atoms with E-state index in [4.69, 9.17) is 19.9 Å². The van der Waals surface area contributed by atoms with Crippen molar-refractivity contribution in [1.82, 2.24) is 0 Å². The highest BCUT2D eigenvalue weighted by molar-refractivity contribution is 5.39. The summed E-state index contributed by atoms with van der Waals surface area (Å²) in [5.41, 5.74) is 7.74. The lowest BCUT2D eigenvalue weighted by Gasteiger charge is -2.06. The minimum Gasteiger partial charge on any atom is -0.399 e. The molecule has 0 bridgehead atoms. The molecule has 19 heavy (non-hydrogen) atoms. The normalized spacial score (nSPS) is 10.8. The Bertz CT molecular complexity index is 314. The van der Waals surface area contributed by atoms with Crippen molar-refractivity contribution in [3.05, 3.63) is 29.8 Å². The second-order valence-corrected chi connectivity index (χ2v) is 4.42. The van der Waals surface area contributed by atoms with Crippen LogP contribution in [0.1, 0.15) is 18.4 Å². The Morgan fingerprint density at radius 2 is 1.47 bits per heavy atom. The zero-order chi connectivity index (χ0) is 13.8. The molecule has 1 rings (SSSR count). The molecule has 1 aromatic rings. The highest BCUT2D eigenvalue weighted by atomic mass is 16.5. The molecular formula is C15H25NO3. The summed E-state index contributed by atoms with van der Waals surface area (Å²) in [5, 5.41) is 0. The maximum absolute atomic E-state index is 5.63. The lowest BCUT2D eigenvalue weighted by Crippen LogP contribution is -2.07. The average Bonchev–Trinajstić information content (AvgIpc) is 2.43. The topological polar surface area (TPSA) is 53.7 Å². The van der Waals surface area contributed by atoms with Gasteiger partial charge in [-0.3, -0.25) is 0 Å². The van der Waals surface area contributed by atoms with E-state index in [1.807, 2.05) is 12.1 Å². The third-order valence-corrected chi connectivity index (χ3v) is 2.74. The molecule has 0 spiro atoms. The van der Waals surface area contributed by atoms with Crippen LogP contribution in [0.3, 0.4) is 0 Å². The highest BCUT2D eigenvalue weighted by Crippen LogP contribution is 2.07. The summed E-state index contributed by atoms with van der Waals surface area (Å²) in [4.78, 5) is 0. The second kappa shape index (κ2) is 10.8. The molecule has 4 heteroatoms. The number of methoxy groups -OCH3 is 1. The number of rotatable bonds is 11. The zero-order valence-electron chi connectivity index (χ0n) is 11.8. The Balaban J connectivity index is 1.87. The largest absolute Gasteiger partial charge is 0.399 e. The van der Waals surface area contributed by atoms with Crippen LogP contribution in [0.2, 0.25) is 0 Å². The number of nitrogen functional groups attached to an aromatic ring is 1. The number of hydrogen-bond donors (Lipinski definition) is 1. The predicted octanol–water partition coefficient (Wildman–Crippen LogP) is 2.27. The van der Waals surface area contributed by atoms with Gasteiger partial charge in [-0.15, -0.1) is 0 Å². The van der Waals surface area contributed by atoms with Gasteiger partial charge in [-0.2, -0.15) is 0 Å². The van der Waals surface area contributed by atoms with E-state index in [0.29, 0.717) is 13.2 Å². The van der Waals surface area contributed by atoms with Crippen LogP contribution in [0.25, 0.3) is 0 Å². The van der Waals surface area contributed by atoms with E-state index >= 15 is 0 Å². The number of aryl methyl sites for hydroxylation is 1. The van der Waals surface area contributed by atoms with Gasteiger partial charge in [0.25, 0.3) is 0 Å². The molecule has 0 fully saturated rings. The average molecular weight is 267 g/mol. The maximum Gasteiger partial charge on any atom is 0.0700 e. The zero-order valence-corrected chi connectivity index (χ0v) is 11.8. The molecule has 1 aromatic carbocycles. The quantitative estimate of drug-likeness (QED) is 0.493. The van der Waals surface area contributed by atoms with E-state index in [-0.39, 0.29) is 0 Å². The van der Waals surface area contributed by atoms with Gasteiger partial charge >= 0.3 is 0 Å². The summed E-state index contributed by atoms with van der Waals surface area (Å²) in [6.07, 6.45) is 2.98. The lowest BCUT2D eigenvalue weighted by atomic mass is 10.1. The first-order chi connectivity index (χ1) is 9.33. The fourth-order valence-corrected chi connectivity index (χ4v) is 1.69. The Labute approximate surface area is 115 Å². The molecule has 0 heterocycles. The molecule has 0 aliphatic rings. The van der Waals surface area contributed by atoms with Gasteiger partial charge in [0.05, 0.1) is 13.2 Å². The molecule has 0 aliphatic heterocycles. The first-order valence-electron chi connectivity index (χ1n) is 6.82. The Morgan fingerprint density at radius 1 is 0.842 bits per heavy atom. The Hall–Kier alpha value is -1.10. The number of hydrogen-bond acceptors (Lipinski definition) is 4. The number of anilines is 1. The molecule has 0 aromatic heterocycles. The number of ether oxygens (including phenoxy) is 3. The van der Waals surface area contributed by atoms with Crippen LogP contribution in [0, 0.1) is 0 Å². The van der Waals surface area contributed by atoms with Gasteiger partial charge < -0.3 is 19.9 Å². The molecule has 0 amide bonds. The van der Waals surface area contributed by atoms with Crippen molar-refractivity contribution in [1.29, 1.82) is 0 Å². The first kappa shape index (κ1) is 16.0. The molecule has 108 valence electrons. The summed E-state index contributed by atoms with van der Waals surface area (Å²) in [5.74, 6) is 0. The standard InChI is InChI=1S/C15H25NO3/c1-17-9-3-11-19-13-12-18-10-2-4-14-5-7-15(16)8-6-14/h5-8H,2-4,9-13,16H2,1H3. The van der Waals surface area contributed by atoms with Gasteiger partial charge in [0.15, 0.2) is 0 Å². The van der Waals surface area contributed by atoms with E-state index in [1.165, 1.54) is 5.56 Å². The maximum atomic E-state index is 5.63. The summed E-state index contributed by atoms with van der Waals surface area (Å²) in [6, 6.07) is 8.00. The Morgan fingerprint density at radius 3 is 2.11 bits per heavy atom. The molecule has 0 aliphatic carbocycles. The molecule has 0 unspecified atom stereocenters. The molecule has 0 radical (unpaired) electrons. The minimum absolute atomic E-state index is 0.658. The SMILES string of the molecule is COCCCOCCOCCCc1ccc(N)cc1. The molecule has 4 nitrogen and oxygen atoms in total. The third kappa shape index (κ3) is 8.59. The van der Waals surface area contributed by atoms with Crippen molar-refractivity contribution in [2.75, 3.05) is 45.9 Å². The molecular weight excluding hydrogens is 242 g/mol. The van der Waals surface area contributed by atoms with Crippen LogP contribution in [0.15, 0.2) is 24.3 Å². The van der Waals surface area contributed by atoms with Crippen LogP contribution < -0.4 is 5.73 Å².